The summed E-state index contributed by atoms with van der Waals surface area (Å²) in [6.07, 6.45) is 1.70. The maximum absolute atomic E-state index is 13.0. The zero-order chi connectivity index (χ0) is 23.4. The molecule has 0 bridgehead atoms. The quantitative estimate of drug-likeness (QED) is 0.377. The summed E-state index contributed by atoms with van der Waals surface area (Å²) in [5.41, 5.74) is 2.34. The number of nitrogens with zero attached hydrogens (tertiary/aromatic N) is 2. The molecule has 8 heteroatoms. The Morgan fingerprint density at radius 3 is 2.27 bits per heavy atom. The second-order valence-corrected chi connectivity index (χ2v) is 8.73. The molecule has 0 aliphatic carbocycles. The highest BCUT2D eigenvalue weighted by Gasteiger charge is 2.28. The molecule has 0 N–H and O–H groups in total. The van der Waals surface area contributed by atoms with Crippen LogP contribution in [0.1, 0.15) is 19.4 Å². The number of hydrogen-bond acceptors (Lipinski definition) is 6. The van der Waals surface area contributed by atoms with Crippen LogP contribution in [0.5, 0.6) is 11.5 Å². The van der Waals surface area contributed by atoms with Crippen LogP contribution in [0.4, 0.5) is 5.69 Å². The van der Waals surface area contributed by atoms with Gasteiger partial charge >= 0.3 is 10.1 Å². The van der Waals surface area contributed by atoms with Gasteiger partial charge in [0.2, 0.25) is 0 Å². The summed E-state index contributed by atoms with van der Waals surface area (Å²) >= 11 is 0. The van der Waals surface area contributed by atoms with Crippen LogP contribution in [0.3, 0.4) is 0 Å². The van der Waals surface area contributed by atoms with Gasteiger partial charge in [-0.25, -0.2) is 0 Å². The van der Waals surface area contributed by atoms with Gasteiger partial charge < -0.3 is 8.92 Å². The molecular weight excluding hydrogens is 440 g/mol. The molecule has 0 spiro atoms. The van der Waals surface area contributed by atoms with Gasteiger partial charge in [0.25, 0.3) is 5.91 Å². The van der Waals surface area contributed by atoms with Crippen molar-refractivity contribution < 1.29 is 22.1 Å². The lowest BCUT2D eigenvalue weighted by Gasteiger charge is -2.13. The molecule has 0 unspecified atom stereocenters. The van der Waals surface area contributed by atoms with Crippen molar-refractivity contribution in [1.82, 2.24) is 0 Å². The number of benzene rings is 3. The molecule has 7 nitrogen and oxygen atoms in total. The first kappa shape index (κ1) is 22.3. The maximum atomic E-state index is 13.0. The molecule has 3 aromatic carbocycles. The molecule has 1 aliphatic heterocycles. The number of rotatable bonds is 7. The minimum Gasteiger partial charge on any atom is -0.490 e. The van der Waals surface area contributed by atoms with Crippen molar-refractivity contribution in [2.24, 2.45) is 5.10 Å². The second-order valence-electron chi connectivity index (χ2n) is 7.19. The van der Waals surface area contributed by atoms with Crippen LogP contribution in [0, 0.1) is 0 Å². The Balaban J connectivity index is 1.63. The van der Waals surface area contributed by atoms with E-state index in [0.29, 0.717) is 29.1 Å². The van der Waals surface area contributed by atoms with E-state index < -0.39 is 10.1 Å². The van der Waals surface area contributed by atoms with Gasteiger partial charge in [0.15, 0.2) is 11.5 Å². The SMILES string of the molecule is CCOc1cc(C=C2C(=O)N(c3ccccc3)N=C2C)ccc1OS(=O)(=O)c1ccccc1. The molecule has 0 saturated heterocycles. The highest BCUT2D eigenvalue weighted by molar-refractivity contribution is 7.87. The summed E-state index contributed by atoms with van der Waals surface area (Å²) in [6.45, 7) is 3.86. The predicted octanol–water partition coefficient (Wildman–Crippen LogP) is 4.66. The first-order chi connectivity index (χ1) is 15.9. The van der Waals surface area contributed by atoms with E-state index in [1.165, 1.54) is 23.2 Å². The van der Waals surface area contributed by atoms with Crippen molar-refractivity contribution in [3.05, 3.63) is 90.0 Å². The third kappa shape index (κ3) is 4.80. The Morgan fingerprint density at radius 2 is 1.61 bits per heavy atom. The van der Waals surface area contributed by atoms with Gasteiger partial charge in [-0.05, 0) is 61.9 Å². The van der Waals surface area contributed by atoms with Crippen LogP contribution >= 0.6 is 0 Å². The van der Waals surface area contributed by atoms with Crippen molar-refractivity contribution in [3.63, 3.8) is 0 Å². The number of para-hydroxylation sites is 1. The standard InChI is InChI=1S/C25H22N2O5S/c1-3-31-24-17-19(14-15-23(24)32-33(29,30)21-12-8-5-9-13-21)16-22-18(2)26-27(25(22)28)20-10-6-4-7-11-20/h4-17H,3H2,1-2H3. The topological polar surface area (TPSA) is 85.3 Å². The molecule has 3 aromatic rings. The molecule has 0 atom stereocenters. The van der Waals surface area contributed by atoms with Crippen molar-refractivity contribution in [2.45, 2.75) is 18.7 Å². The summed E-state index contributed by atoms with van der Waals surface area (Å²) in [5, 5.41) is 5.73. The van der Waals surface area contributed by atoms with E-state index in [4.69, 9.17) is 8.92 Å². The Labute approximate surface area is 192 Å². The average Bonchev–Trinajstić information content (AvgIpc) is 3.10. The van der Waals surface area contributed by atoms with Crippen molar-refractivity contribution in [1.29, 1.82) is 0 Å². The number of ether oxygens (including phenoxy) is 1. The second kappa shape index (κ2) is 9.30. The molecule has 168 valence electrons. The molecule has 0 fully saturated rings. The summed E-state index contributed by atoms with van der Waals surface area (Å²) in [4.78, 5) is 13.0. The van der Waals surface area contributed by atoms with Crippen molar-refractivity contribution >= 4 is 33.5 Å². The van der Waals surface area contributed by atoms with Gasteiger partial charge in [0, 0.05) is 0 Å². The monoisotopic (exact) mass is 462 g/mol. The smallest absolute Gasteiger partial charge is 0.339 e. The number of carbonyl (C=O) groups is 1. The normalized spacial score (nSPS) is 15.0. The molecular formula is C25H22N2O5S. The first-order valence-corrected chi connectivity index (χ1v) is 11.7. The van der Waals surface area contributed by atoms with Gasteiger partial charge in [-0.1, -0.05) is 42.5 Å². The van der Waals surface area contributed by atoms with E-state index in [9.17, 15) is 13.2 Å². The van der Waals surface area contributed by atoms with Crippen LogP contribution in [-0.2, 0) is 14.9 Å². The molecule has 0 saturated carbocycles. The fraction of sp³-hybridized carbons (Fsp3) is 0.120. The van der Waals surface area contributed by atoms with Crippen LogP contribution < -0.4 is 13.9 Å². The maximum Gasteiger partial charge on any atom is 0.339 e. The van der Waals surface area contributed by atoms with E-state index in [-0.39, 0.29) is 22.3 Å². The minimum absolute atomic E-state index is 0.0445. The lowest BCUT2D eigenvalue weighted by molar-refractivity contribution is -0.114. The molecule has 1 amide bonds. The van der Waals surface area contributed by atoms with Gasteiger partial charge in [-0.15, -0.1) is 0 Å². The van der Waals surface area contributed by atoms with E-state index in [1.54, 1.807) is 50.3 Å². The number of anilines is 1. The summed E-state index contributed by atoms with van der Waals surface area (Å²) in [5.74, 6) is 0.0758. The zero-order valence-corrected chi connectivity index (χ0v) is 19.0. The van der Waals surface area contributed by atoms with Gasteiger partial charge in [-0.2, -0.15) is 18.5 Å². The zero-order valence-electron chi connectivity index (χ0n) is 18.1. The third-order valence-corrected chi connectivity index (χ3v) is 6.12. The summed E-state index contributed by atoms with van der Waals surface area (Å²) in [7, 11) is -4.02. The molecule has 4 rings (SSSR count). The highest BCUT2D eigenvalue weighted by Crippen LogP contribution is 2.33. The van der Waals surface area contributed by atoms with E-state index in [2.05, 4.69) is 5.10 Å². The fourth-order valence-electron chi connectivity index (χ4n) is 3.30. The first-order valence-electron chi connectivity index (χ1n) is 10.3. The molecule has 0 aromatic heterocycles. The fourth-order valence-corrected chi connectivity index (χ4v) is 4.26. The van der Waals surface area contributed by atoms with Crippen LogP contribution in [0.2, 0.25) is 0 Å². The minimum atomic E-state index is -4.02. The number of amides is 1. The van der Waals surface area contributed by atoms with E-state index >= 15 is 0 Å². The molecule has 1 aliphatic rings. The van der Waals surface area contributed by atoms with Crippen molar-refractivity contribution in [2.75, 3.05) is 11.6 Å². The summed E-state index contributed by atoms with van der Waals surface area (Å²) < 4.78 is 36.2. The Kier molecular flexibility index (Phi) is 6.28. The van der Waals surface area contributed by atoms with Crippen LogP contribution in [0.15, 0.2) is 94.4 Å². The highest BCUT2D eigenvalue weighted by atomic mass is 32.2. The van der Waals surface area contributed by atoms with E-state index in [1.807, 2.05) is 30.3 Å². The molecule has 0 radical (unpaired) electrons. The predicted molar refractivity (Wildman–Crippen MR) is 127 cm³/mol. The Hall–Kier alpha value is -3.91. The van der Waals surface area contributed by atoms with Gasteiger partial charge in [0.1, 0.15) is 4.90 Å². The van der Waals surface area contributed by atoms with E-state index in [0.717, 1.165) is 0 Å². The number of carbonyl (C=O) groups excluding carboxylic acids is 1. The van der Waals surface area contributed by atoms with Gasteiger partial charge in [-0.3, -0.25) is 4.79 Å². The molecule has 33 heavy (non-hydrogen) atoms. The Morgan fingerprint density at radius 1 is 0.939 bits per heavy atom. The largest absolute Gasteiger partial charge is 0.490 e. The van der Waals surface area contributed by atoms with Crippen LogP contribution in [-0.4, -0.2) is 26.6 Å². The average molecular weight is 463 g/mol. The van der Waals surface area contributed by atoms with Gasteiger partial charge in [0.05, 0.1) is 23.6 Å². The third-order valence-electron chi connectivity index (χ3n) is 4.87. The number of hydrogen-bond donors (Lipinski definition) is 0. The summed E-state index contributed by atoms with van der Waals surface area (Å²) in [6, 6.07) is 21.9. The van der Waals surface area contributed by atoms with Crippen LogP contribution in [0.25, 0.3) is 6.08 Å². The van der Waals surface area contributed by atoms with Crippen molar-refractivity contribution in [3.8, 4) is 11.5 Å². The molecule has 1 heterocycles. The number of hydrazone groups is 1. The lowest BCUT2D eigenvalue weighted by Crippen LogP contribution is -2.21. The Bertz CT molecular complexity index is 1330. The lowest BCUT2D eigenvalue weighted by atomic mass is 10.1.